The first-order valence-electron chi connectivity index (χ1n) is 5.86. The molecule has 15 heavy (non-hydrogen) atoms. The van der Waals surface area contributed by atoms with Crippen LogP contribution in [0, 0.1) is 0 Å². The summed E-state index contributed by atoms with van der Waals surface area (Å²) in [5.41, 5.74) is 5.30. The number of hydrogen-bond donors (Lipinski definition) is 1. The van der Waals surface area contributed by atoms with Crippen molar-refractivity contribution in [2.24, 2.45) is 5.73 Å². The molecule has 0 amide bonds. The average Bonchev–Trinajstić information content (AvgIpc) is 2.65. The van der Waals surface area contributed by atoms with Crippen LogP contribution in [0.25, 0.3) is 0 Å². The predicted molar refractivity (Wildman–Crippen MR) is 57.4 cm³/mol. The molecule has 1 saturated carbocycles. The van der Waals surface area contributed by atoms with Crippen LogP contribution in [0.2, 0.25) is 0 Å². The lowest BCUT2D eigenvalue weighted by Crippen LogP contribution is -2.64. The smallest absolute Gasteiger partial charge is 0.326 e. The van der Waals surface area contributed by atoms with Crippen molar-refractivity contribution in [1.29, 1.82) is 0 Å². The van der Waals surface area contributed by atoms with E-state index in [2.05, 4.69) is 4.90 Å². The van der Waals surface area contributed by atoms with E-state index in [0.29, 0.717) is 12.6 Å². The van der Waals surface area contributed by atoms with Crippen molar-refractivity contribution in [3.8, 4) is 0 Å². The van der Waals surface area contributed by atoms with Gasteiger partial charge in [-0.05, 0) is 45.7 Å². The van der Waals surface area contributed by atoms with E-state index in [-0.39, 0.29) is 5.97 Å². The summed E-state index contributed by atoms with van der Waals surface area (Å²) >= 11 is 0. The second-order valence-corrected chi connectivity index (χ2v) is 4.68. The molecule has 0 aromatic rings. The number of nitrogens with two attached hydrogens (primary N) is 1. The quantitative estimate of drug-likeness (QED) is 0.692. The first-order chi connectivity index (χ1) is 7.15. The molecule has 4 heteroatoms. The molecule has 2 fully saturated rings. The molecule has 1 saturated heterocycles. The minimum absolute atomic E-state index is 0.222. The molecule has 4 nitrogen and oxygen atoms in total. The minimum atomic E-state index is -0.691. The fraction of sp³-hybridized carbons (Fsp3) is 0.909. The predicted octanol–water partition coefficient (Wildman–Crippen LogP) is 0.505. The maximum atomic E-state index is 11.5. The lowest BCUT2D eigenvalue weighted by atomic mass is 9.72. The molecule has 2 aliphatic rings. The van der Waals surface area contributed by atoms with Gasteiger partial charge in [0.2, 0.25) is 0 Å². The number of carbonyl (C=O) groups is 1. The molecule has 2 N–H and O–H groups in total. The number of rotatable bonds is 3. The van der Waals surface area contributed by atoms with Gasteiger partial charge in [0.1, 0.15) is 5.54 Å². The highest BCUT2D eigenvalue weighted by molar-refractivity contribution is 5.82. The fourth-order valence-corrected chi connectivity index (χ4v) is 2.59. The summed E-state index contributed by atoms with van der Waals surface area (Å²) in [6, 6.07) is 0.516. The summed E-state index contributed by atoms with van der Waals surface area (Å²) in [6.07, 6.45) is 4.11. The van der Waals surface area contributed by atoms with E-state index in [1.165, 1.54) is 25.9 Å². The number of nitrogens with zero attached hydrogens (tertiary/aromatic N) is 1. The van der Waals surface area contributed by atoms with Crippen molar-refractivity contribution in [1.82, 2.24) is 4.90 Å². The van der Waals surface area contributed by atoms with E-state index >= 15 is 0 Å². The molecule has 1 heterocycles. The molecule has 86 valence electrons. The van der Waals surface area contributed by atoms with Crippen LogP contribution in [0.4, 0.5) is 0 Å². The molecule has 2 rings (SSSR count). The molecule has 0 aromatic heterocycles. The highest BCUT2D eigenvalue weighted by Gasteiger charge is 2.50. The topological polar surface area (TPSA) is 55.6 Å². The Kier molecular flexibility index (Phi) is 2.98. The Hall–Kier alpha value is -0.610. The van der Waals surface area contributed by atoms with Gasteiger partial charge in [-0.25, -0.2) is 0 Å². The maximum absolute atomic E-state index is 11.5. The van der Waals surface area contributed by atoms with E-state index < -0.39 is 5.54 Å². The van der Waals surface area contributed by atoms with Crippen molar-refractivity contribution in [2.75, 3.05) is 19.7 Å². The zero-order valence-electron chi connectivity index (χ0n) is 9.37. The van der Waals surface area contributed by atoms with Gasteiger partial charge in [0.15, 0.2) is 0 Å². The first-order valence-corrected chi connectivity index (χ1v) is 5.86. The largest absolute Gasteiger partial charge is 0.465 e. The maximum Gasteiger partial charge on any atom is 0.326 e. The normalized spacial score (nSPS) is 36.3. The summed E-state index contributed by atoms with van der Waals surface area (Å²) in [5.74, 6) is -0.222. The van der Waals surface area contributed by atoms with Crippen molar-refractivity contribution in [3.05, 3.63) is 0 Å². The van der Waals surface area contributed by atoms with Crippen LogP contribution in [-0.2, 0) is 9.53 Å². The zero-order valence-corrected chi connectivity index (χ0v) is 9.37. The summed E-state index contributed by atoms with van der Waals surface area (Å²) in [5, 5.41) is 0. The lowest BCUT2D eigenvalue weighted by Gasteiger charge is -2.46. The van der Waals surface area contributed by atoms with Crippen molar-refractivity contribution in [2.45, 2.75) is 44.2 Å². The molecule has 1 aliphatic heterocycles. The number of likely N-dealkylation sites (tertiary alicyclic amines) is 1. The Bertz CT molecular complexity index is 243. The van der Waals surface area contributed by atoms with E-state index in [1.54, 1.807) is 0 Å². The third kappa shape index (κ3) is 2.01. The van der Waals surface area contributed by atoms with Crippen LogP contribution in [0.3, 0.4) is 0 Å². The number of esters is 1. The van der Waals surface area contributed by atoms with Crippen LogP contribution < -0.4 is 5.73 Å². The summed E-state index contributed by atoms with van der Waals surface area (Å²) in [4.78, 5) is 14.0. The monoisotopic (exact) mass is 212 g/mol. The van der Waals surface area contributed by atoms with Crippen LogP contribution in [0.15, 0.2) is 0 Å². The van der Waals surface area contributed by atoms with Crippen molar-refractivity contribution in [3.63, 3.8) is 0 Å². The molecule has 1 aliphatic carbocycles. The Balaban J connectivity index is 1.82. The van der Waals surface area contributed by atoms with E-state index in [0.717, 1.165) is 12.8 Å². The van der Waals surface area contributed by atoms with Gasteiger partial charge in [-0.15, -0.1) is 0 Å². The standard InChI is InChI=1S/C11H20N2O2/c1-2-15-10(14)11(12)7-9(8-11)13-5-3-4-6-13/h9H,2-8,12H2,1H3. The van der Waals surface area contributed by atoms with E-state index in [1.807, 2.05) is 6.92 Å². The van der Waals surface area contributed by atoms with Crippen molar-refractivity contribution >= 4 is 5.97 Å². The van der Waals surface area contributed by atoms with E-state index in [9.17, 15) is 4.79 Å². The van der Waals surface area contributed by atoms with Gasteiger partial charge in [0.25, 0.3) is 0 Å². The Morgan fingerprint density at radius 2 is 2.07 bits per heavy atom. The van der Waals surface area contributed by atoms with Gasteiger partial charge >= 0.3 is 5.97 Å². The Morgan fingerprint density at radius 1 is 1.47 bits per heavy atom. The van der Waals surface area contributed by atoms with Gasteiger partial charge in [-0.3, -0.25) is 4.79 Å². The van der Waals surface area contributed by atoms with Gasteiger partial charge in [0.05, 0.1) is 6.61 Å². The van der Waals surface area contributed by atoms with Gasteiger partial charge < -0.3 is 15.4 Å². The fourth-order valence-electron chi connectivity index (χ4n) is 2.59. The third-order valence-corrected chi connectivity index (χ3v) is 3.54. The van der Waals surface area contributed by atoms with E-state index in [4.69, 9.17) is 10.5 Å². The highest BCUT2D eigenvalue weighted by Crippen LogP contribution is 2.36. The van der Waals surface area contributed by atoms with Crippen molar-refractivity contribution < 1.29 is 9.53 Å². The highest BCUT2D eigenvalue weighted by atomic mass is 16.5. The first kappa shape index (κ1) is 10.9. The summed E-state index contributed by atoms with van der Waals surface area (Å²) < 4.78 is 4.98. The molecule has 0 unspecified atom stereocenters. The minimum Gasteiger partial charge on any atom is -0.465 e. The molecule has 0 spiro atoms. The molecular formula is C11H20N2O2. The zero-order chi connectivity index (χ0) is 10.9. The number of carbonyl (C=O) groups excluding carboxylic acids is 1. The second-order valence-electron chi connectivity index (χ2n) is 4.68. The average molecular weight is 212 g/mol. The van der Waals surface area contributed by atoms with Gasteiger partial charge in [0, 0.05) is 6.04 Å². The molecule has 0 bridgehead atoms. The molecular weight excluding hydrogens is 192 g/mol. The SMILES string of the molecule is CCOC(=O)C1(N)CC(N2CCCC2)C1. The third-order valence-electron chi connectivity index (χ3n) is 3.54. The molecule has 0 radical (unpaired) electrons. The Labute approximate surface area is 90.8 Å². The van der Waals surface area contributed by atoms with Gasteiger partial charge in [-0.1, -0.05) is 0 Å². The number of hydrogen-bond acceptors (Lipinski definition) is 4. The Morgan fingerprint density at radius 3 is 2.60 bits per heavy atom. The molecule has 0 aromatic carbocycles. The van der Waals surface area contributed by atoms with Crippen LogP contribution in [0.5, 0.6) is 0 Å². The molecule has 0 atom stereocenters. The lowest BCUT2D eigenvalue weighted by molar-refractivity contribution is -0.155. The summed E-state index contributed by atoms with van der Waals surface area (Å²) in [6.45, 7) is 4.58. The van der Waals surface area contributed by atoms with Crippen LogP contribution >= 0.6 is 0 Å². The van der Waals surface area contributed by atoms with Crippen LogP contribution in [-0.4, -0.2) is 42.1 Å². The number of ether oxygens (including phenoxy) is 1. The second kappa shape index (κ2) is 4.10. The summed E-state index contributed by atoms with van der Waals surface area (Å²) in [7, 11) is 0. The van der Waals surface area contributed by atoms with Gasteiger partial charge in [-0.2, -0.15) is 0 Å². The van der Waals surface area contributed by atoms with Crippen LogP contribution in [0.1, 0.15) is 32.6 Å².